The third-order valence-corrected chi connectivity index (χ3v) is 3.34. The van der Waals surface area contributed by atoms with Crippen LogP contribution in [0.5, 0.6) is 5.88 Å². The van der Waals surface area contributed by atoms with Gasteiger partial charge in [-0.25, -0.2) is 15.0 Å². The monoisotopic (exact) mass is 346 g/mol. The lowest BCUT2D eigenvalue weighted by atomic mass is 10.2. The molecule has 2 heterocycles. The Labute approximate surface area is 141 Å². The number of hydrogen-bond acceptors (Lipinski definition) is 5. The van der Waals surface area contributed by atoms with Gasteiger partial charge >= 0.3 is 6.18 Å². The molecular weight excluding hydrogens is 333 g/mol. The summed E-state index contributed by atoms with van der Waals surface area (Å²) in [5.74, 6) is 0.660. The fourth-order valence-electron chi connectivity index (χ4n) is 2.13. The first kappa shape index (κ1) is 16.7. The molecule has 0 saturated heterocycles. The largest absolute Gasteiger partial charge is 0.481 e. The van der Waals surface area contributed by atoms with Crippen LogP contribution in [0.3, 0.4) is 0 Å². The van der Waals surface area contributed by atoms with Crippen molar-refractivity contribution in [2.75, 3.05) is 12.4 Å². The van der Waals surface area contributed by atoms with E-state index in [-0.39, 0.29) is 11.6 Å². The van der Waals surface area contributed by atoms with Gasteiger partial charge < -0.3 is 10.1 Å². The SMILES string of the molecule is COc1ccc(-c2ccnc(Nc3cccc(C(F)(F)F)c3)n2)cn1. The highest BCUT2D eigenvalue weighted by atomic mass is 19.4. The van der Waals surface area contributed by atoms with E-state index in [0.717, 1.165) is 17.7 Å². The van der Waals surface area contributed by atoms with E-state index in [0.29, 0.717) is 11.6 Å². The second-order valence-electron chi connectivity index (χ2n) is 5.06. The van der Waals surface area contributed by atoms with Crippen LogP contribution < -0.4 is 10.1 Å². The molecule has 0 bridgehead atoms. The highest BCUT2D eigenvalue weighted by molar-refractivity contribution is 5.61. The van der Waals surface area contributed by atoms with Crippen LogP contribution in [0, 0.1) is 0 Å². The van der Waals surface area contributed by atoms with E-state index >= 15 is 0 Å². The molecule has 0 fully saturated rings. The number of pyridine rings is 1. The molecule has 128 valence electrons. The van der Waals surface area contributed by atoms with Gasteiger partial charge in [-0.15, -0.1) is 0 Å². The van der Waals surface area contributed by atoms with E-state index in [1.165, 1.54) is 25.4 Å². The first-order valence-electron chi connectivity index (χ1n) is 7.23. The Morgan fingerprint density at radius 1 is 1.04 bits per heavy atom. The Kier molecular flexibility index (Phi) is 4.51. The Hall–Kier alpha value is -3.16. The van der Waals surface area contributed by atoms with E-state index in [9.17, 15) is 13.2 Å². The molecule has 5 nitrogen and oxygen atoms in total. The maximum Gasteiger partial charge on any atom is 0.416 e. The summed E-state index contributed by atoms with van der Waals surface area (Å²) in [5, 5.41) is 2.78. The number of benzene rings is 1. The molecule has 0 amide bonds. The number of alkyl halides is 3. The van der Waals surface area contributed by atoms with Gasteiger partial charge in [-0.3, -0.25) is 0 Å². The normalized spacial score (nSPS) is 11.2. The highest BCUT2D eigenvalue weighted by Gasteiger charge is 2.30. The van der Waals surface area contributed by atoms with Crippen molar-refractivity contribution < 1.29 is 17.9 Å². The van der Waals surface area contributed by atoms with Crippen molar-refractivity contribution in [3.63, 3.8) is 0 Å². The van der Waals surface area contributed by atoms with Gasteiger partial charge in [0.05, 0.1) is 18.4 Å². The number of methoxy groups -OCH3 is 1. The van der Waals surface area contributed by atoms with Crippen LogP contribution in [-0.4, -0.2) is 22.1 Å². The van der Waals surface area contributed by atoms with Crippen LogP contribution in [0.15, 0.2) is 54.9 Å². The fourth-order valence-corrected chi connectivity index (χ4v) is 2.13. The lowest BCUT2D eigenvalue weighted by molar-refractivity contribution is -0.137. The molecule has 0 atom stereocenters. The Morgan fingerprint density at radius 3 is 2.56 bits per heavy atom. The summed E-state index contributed by atoms with van der Waals surface area (Å²) in [6, 6.07) is 10.00. The molecule has 0 radical (unpaired) electrons. The van der Waals surface area contributed by atoms with Crippen LogP contribution in [0.2, 0.25) is 0 Å². The van der Waals surface area contributed by atoms with Gasteiger partial charge in [0.25, 0.3) is 0 Å². The molecule has 2 aromatic heterocycles. The molecule has 25 heavy (non-hydrogen) atoms. The molecular formula is C17H13F3N4O. The number of aromatic nitrogens is 3. The summed E-state index contributed by atoms with van der Waals surface area (Å²) in [5.41, 5.74) is 0.822. The summed E-state index contributed by atoms with van der Waals surface area (Å²) in [4.78, 5) is 12.4. The maximum atomic E-state index is 12.8. The zero-order chi connectivity index (χ0) is 17.9. The second kappa shape index (κ2) is 6.76. The molecule has 8 heteroatoms. The van der Waals surface area contributed by atoms with Crippen LogP contribution in [0.25, 0.3) is 11.3 Å². The zero-order valence-electron chi connectivity index (χ0n) is 13.1. The van der Waals surface area contributed by atoms with Crippen molar-refractivity contribution in [1.29, 1.82) is 0 Å². The second-order valence-corrected chi connectivity index (χ2v) is 5.06. The first-order chi connectivity index (χ1) is 12.0. The van der Waals surface area contributed by atoms with E-state index < -0.39 is 11.7 Å². The molecule has 1 N–H and O–H groups in total. The van der Waals surface area contributed by atoms with Crippen LogP contribution in [0.4, 0.5) is 24.8 Å². The van der Waals surface area contributed by atoms with E-state index in [2.05, 4.69) is 20.3 Å². The lowest BCUT2D eigenvalue weighted by Gasteiger charge is -2.10. The predicted octanol–water partition coefficient (Wildman–Crippen LogP) is 4.31. The van der Waals surface area contributed by atoms with Gasteiger partial charge in [-0.2, -0.15) is 13.2 Å². The quantitative estimate of drug-likeness (QED) is 0.763. The van der Waals surface area contributed by atoms with Gasteiger partial charge in [-0.1, -0.05) is 6.07 Å². The Morgan fingerprint density at radius 2 is 1.88 bits per heavy atom. The van der Waals surface area contributed by atoms with Crippen LogP contribution >= 0.6 is 0 Å². The van der Waals surface area contributed by atoms with Gasteiger partial charge in [0.15, 0.2) is 0 Å². The van der Waals surface area contributed by atoms with Crippen molar-refractivity contribution in [2.24, 2.45) is 0 Å². The summed E-state index contributed by atoms with van der Waals surface area (Å²) in [6.45, 7) is 0. The summed E-state index contributed by atoms with van der Waals surface area (Å²) in [7, 11) is 1.52. The standard InChI is InChI=1S/C17H13F3N4O/c1-25-15-6-5-11(10-22-15)14-7-8-21-16(24-14)23-13-4-2-3-12(9-13)17(18,19)20/h2-10H,1H3,(H,21,23,24). The van der Waals surface area contributed by atoms with Crippen molar-refractivity contribution in [1.82, 2.24) is 15.0 Å². The number of rotatable bonds is 4. The minimum Gasteiger partial charge on any atom is -0.481 e. The van der Waals surface area contributed by atoms with Crippen molar-refractivity contribution in [2.45, 2.75) is 6.18 Å². The average molecular weight is 346 g/mol. The lowest BCUT2D eigenvalue weighted by Crippen LogP contribution is -2.05. The minimum atomic E-state index is -4.41. The molecule has 0 aliphatic carbocycles. The van der Waals surface area contributed by atoms with Crippen LogP contribution in [-0.2, 0) is 6.18 Å². The summed E-state index contributed by atoms with van der Waals surface area (Å²) >= 11 is 0. The summed E-state index contributed by atoms with van der Waals surface area (Å²) < 4.78 is 43.3. The van der Waals surface area contributed by atoms with Crippen molar-refractivity contribution in [3.8, 4) is 17.1 Å². The fraction of sp³-hybridized carbons (Fsp3) is 0.118. The van der Waals surface area contributed by atoms with Crippen molar-refractivity contribution >= 4 is 11.6 Å². The van der Waals surface area contributed by atoms with Gasteiger partial charge in [-0.05, 0) is 30.3 Å². The molecule has 0 spiro atoms. The number of halogens is 3. The van der Waals surface area contributed by atoms with E-state index in [1.54, 1.807) is 24.4 Å². The van der Waals surface area contributed by atoms with Crippen molar-refractivity contribution in [3.05, 3.63) is 60.4 Å². The molecule has 1 aromatic carbocycles. The third kappa shape index (κ3) is 4.03. The van der Waals surface area contributed by atoms with E-state index in [1.807, 2.05) is 0 Å². The minimum absolute atomic E-state index is 0.188. The Balaban J connectivity index is 1.84. The average Bonchev–Trinajstić information content (AvgIpc) is 2.61. The molecule has 0 unspecified atom stereocenters. The number of nitrogens with zero attached hydrogens (tertiary/aromatic N) is 3. The van der Waals surface area contributed by atoms with Gasteiger partial charge in [0, 0.05) is 29.7 Å². The van der Waals surface area contributed by atoms with Gasteiger partial charge in [0.2, 0.25) is 11.8 Å². The zero-order valence-corrected chi connectivity index (χ0v) is 13.1. The molecule has 0 aliphatic heterocycles. The number of ether oxygens (including phenoxy) is 1. The molecule has 3 rings (SSSR count). The highest BCUT2D eigenvalue weighted by Crippen LogP contribution is 2.31. The summed E-state index contributed by atoms with van der Waals surface area (Å²) in [6.07, 6.45) is -1.30. The predicted molar refractivity (Wildman–Crippen MR) is 86.5 cm³/mol. The molecule has 0 aliphatic rings. The number of anilines is 2. The van der Waals surface area contributed by atoms with E-state index in [4.69, 9.17) is 4.74 Å². The molecule has 0 saturated carbocycles. The topological polar surface area (TPSA) is 59.9 Å². The first-order valence-corrected chi connectivity index (χ1v) is 7.23. The maximum absolute atomic E-state index is 12.8. The van der Waals surface area contributed by atoms with Gasteiger partial charge in [0.1, 0.15) is 0 Å². The smallest absolute Gasteiger partial charge is 0.416 e. The number of nitrogens with one attached hydrogen (secondary N) is 1. The Bertz CT molecular complexity index is 866. The number of hydrogen-bond donors (Lipinski definition) is 1. The third-order valence-electron chi connectivity index (χ3n) is 3.34. The molecule has 3 aromatic rings. The van der Waals surface area contributed by atoms with Crippen LogP contribution in [0.1, 0.15) is 5.56 Å².